The second-order valence-electron chi connectivity index (χ2n) is 3.88. The van der Waals surface area contributed by atoms with E-state index in [9.17, 15) is 4.39 Å². The largest absolute Gasteiger partial charge is 0.343 e. The quantitative estimate of drug-likeness (QED) is 0.749. The van der Waals surface area contributed by atoms with Crippen molar-refractivity contribution in [3.05, 3.63) is 42.6 Å². The predicted molar refractivity (Wildman–Crippen MR) is 64.0 cm³/mol. The second kappa shape index (κ2) is 4.06. The van der Waals surface area contributed by atoms with Crippen LogP contribution in [0.4, 0.5) is 4.39 Å². The number of benzene rings is 1. The summed E-state index contributed by atoms with van der Waals surface area (Å²) in [4.78, 5) is 7.00. The van der Waals surface area contributed by atoms with E-state index in [1.807, 2.05) is 0 Å². The molecular weight excluding hydrogens is 233 g/mol. The summed E-state index contributed by atoms with van der Waals surface area (Å²) in [7, 11) is 1.80. The Morgan fingerprint density at radius 2 is 2.00 bits per heavy atom. The summed E-state index contributed by atoms with van der Waals surface area (Å²) in [5.74, 6) is -0.272. The van der Waals surface area contributed by atoms with Crippen LogP contribution >= 0.6 is 0 Å². The molecule has 0 spiro atoms. The van der Waals surface area contributed by atoms with Crippen molar-refractivity contribution in [2.45, 2.75) is 0 Å². The molecule has 1 N–H and O–H groups in total. The van der Waals surface area contributed by atoms with Crippen LogP contribution in [0.5, 0.6) is 0 Å². The SMILES string of the molecule is Cn1nnc(-c2ccc(F)cc2)c1-c1cnc[nH]1. The van der Waals surface area contributed by atoms with Gasteiger partial charge in [0.15, 0.2) is 0 Å². The first-order chi connectivity index (χ1) is 8.75. The summed E-state index contributed by atoms with van der Waals surface area (Å²) in [5.41, 5.74) is 3.15. The smallest absolute Gasteiger partial charge is 0.123 e. The molecule has 0 fully saturated rings. The minimum Gasteiger partial charge on any atom is -0.343 e. The fourth-order valence-corrected chi connectivity index (χ4v) is 1.85. The number of aryl methyl sites for hydroxylation is 1. The first-order valence-corrected chi connectivity index (χ1v) is 5.40. The van der Waals surface area contributed by atoms with Gasteiger partial charge in [-0.2, -0.15) is 0 Å². The zero-order valence-electron chi connectivity index (χ0n) is 9.63. The van der Waals surface area contributed by atoms with E-state index in [1.54, 1.807) is 36.4 Å². The Morgan fingerprint density at radius 1 is 1.22 bits per heavy atom. The normalized spacial score (nSPS) is 10.8. The average Bonchev–Trinajstić information content (AvgIpc) is 2.99. The van der Waals surface area contributed by atoms with Crippen molar-refractivity contribution < 1.29 is 4.39 Å². The van der Waals surface area contributed by atoms with Crippen LogP contribution in [-0.2, 0) is 7.05 Å². The van der Waals surface area contributed by atoms with Gasteiger partial charge in [-0.05, 0) is 24.3 Å². The molecule has 0 saturated heterocycles. The summed E-state index contributed by atoms with van der Waals surface area (Å²) in [6.45, 7) is 0. The lowest BCUT2D eigenvalue weighted by Gasteiger charge is -2.02. The number of hydrogen-bond acceptors (Lipinski definition) is 3. The number of nitrogens with zero attached hydrogens (tertiary/aromatic N) is 4. The molecule has 5 nitrogen and oxygen atoms in total. The monoisotopic (exact) mass is 243 g/mol. The molecule has 0 bridgehead atoms. The van der Waals surface area contributed by atoms with Crippen LogP contribution in [-0.4, -0.2) is 25.0 Å². The number of rotatable bonds is 2. The maximum Gasteiger partial charge on any atom is 0.123 e. The predicted octanol–water partition coefficient (Wildman–Crippen LogP) is 2.01. The summed E-state index contributed by atoms with van der Waals surface area (Å²) < 4.78 is 14.6. The molecule has 6 heteroatoms. The number of H-pyrrole nitrogens is 1. The number of aromatic nitrogens is 5. The van der Waals surface area contributed by atoms with Crippen LogP contribution in [0.15, 0.2) is 36.8 Å². The fraction of sp³-hybridized carbons (Fsp3) is 0.0833. The Labute approximate surface area is 102 Å². The lowest BCUT2D eigenvalue weighted by Crippen LogP contribution is -1.94. The van der Waals surface area contributed by atoms with Crippen molar-refractivity contribution in [3.63, 3.8) is 0 Å². The topological polar surface area (TPSA) is 59.4 Å². The van der Waals surface area contributed by atoms with Crippen LogP contribution in [0.2, 0.25) is 0 Å². The third-order valence-electron chi connectivity index (χ3n) is 2.70. The summed E-state index contributed by atoms with van der Waals surface area (Å²) in [6.07, 6.45) is 3.29. The van der Waals surface area contributed by atoms with Gasteiger partial charge in [-0.1, -0.05) is 5.21 Å². The molecular formula is C12H10FN5. The molecule has 3 aromatic rings. The van der Waals surface area contributed by atoms with E-state index in [-0.39, 0.29) is 5.82 Å². The fourth-order valence-electron chi connectivity index (χ4n) is 1.85. The van der Waals surface area contributed by atoms with E-state index in [0.717, 1.165) is 17.0 Å². The summed E-state index contributed by atoms with van der Waals surface area (Å²) in [6, 6.07) is 6.17. The number of nitrogens with one attached hydrogen (secondary N) is 1. The lowest BCUT2D eigenvalue weighted by molar-refractivity contribution is 0.628. The molecule has 2 heterocycles. The van der Waals surface area contributed by atoms with Crippen LogP contribution in [0, 0.1) is 5.82 Å². The molecule has 0 aliphatic heterocycles. The second-order valence-corrected chi connectivity index (χ2v) is 3.88. The van der Waals surface area contributed by atoms with Crippen molar-refractivity contribution >= 4 is 0 Å². The first kappa shape index (κ1) is 10.6. The Balaban J connectivity index is 2.16. The van der Waals surface area contributed by atoms with E-state index in [2.05, 4.69) is 20.3 Å². The molecule has 2 aromatic heterocycles. The third-order valence-corrected chi connectivity index (χ3v) is 2.70. The van der Waals surface area contributed by atoms with E-state index < -0.39 is 0 Å². The van der Waals surface area contributed by atoms with Gasteiger partial charge in [-0.3, -0.25) is 0 Å². The standard InChI is InChI=1S/C12H10FN5/c1-18-12(10-6-14-7-15-10)11(16-17-18)8-2-4-9(13)5-3-8/h2-7H,1H3,(H,14,15). The first-order valence-electron chi connectivity index (χ1n) is 5.40. The Hall–Kier alpha value is -2.50. The Kier molecular flexibility index (Phi) is 2.40. The van der Waals surface area contributed by atoms with Gasteiger partial charge >= 0.3 is 0 Å². The number of imidazole rings is 1. The van der Waals surface area contributed by atoms with Crippen LogP contribution in [0.1, 0.15) is 0 Å². The maximum atomic E-state index is 12.9. The minimum absolute atomic E-state index is 0.272. The van der Waals surface area contributed by atoms with Gasteiger partial charge in [-0.25, -0.2) is 14.1 Å². The Morgan fingerprint density at radius 3 is 2.67 bits per heavy atom. The highest BCUT2D eigenvalue weighted by atomic mass is 19.1. The molecule has 0 radical (unpaired) electrons. The van der Waals surface area contributed by atoms with Crippen molar-refractivity contribution in [2.75, 3.05) is 0 Å². The van der Waals surface area contributed by atoms with E-state index >= 15 is 0 Å². The molecule has 0 saturated carbocycles. The molecule has 0 aliphatic carbocycles. The maximum absolute atomic E-state index is 12.9. The van der Waals surface area contributed by atoms with Crippen LogP contribution < -0.4 is 0 Å². The highest BCUT2D eigenvalue weighted by molar-refractivity contribution is 5.75. The molecule has 0 amide bonds. The number of hydrogen-bond donors (Lipinski definition) is 1. The van der Waals surface area contributed by atoms with E-state index in [0.29, 0.717) is 5.69 Å². The van der Waals surface area contributed by atoms with Crippen molar-refractivity contribution in [1.29, 1.82) is 0 Å². The van der Waals surface area contributed by atoms with E-state index in [4.69, 9.17) is 0 Å². The summed E-state index contributed by atoms with van der Waals surface area (Å²) in [5, 5.41) is 8.11. The zero-order chi connectivity index (χ0) is 12.5. The lowest BCUT2D eigenvalue weighted by atomic mass is 10.1. The zero-order valence-corrected chi connectivity index (χ0v) is 9.63. The Bertz CT molecular complexity index is 654. The van der Waals surface area contributed by atoms with Crippen molar-refractivity contribution in [1.82, 2.24) is 25.0 Å². The molecule has 0 unspecified atom stereocenters. The van der Waals surface area contributed by atoms with Gasteiger partial charge in [0.1, 0.15) is 17.2 Å². The van der Waals surface area contributed by atoms with Crippen LogP contribution in [0.3, 0.4) is 0 Å². The molecule has 0 atom stereocenters. The molecule has 0 aliphatic rings. The molecule has 90 valence electrons. The molecule has 1 aromatic carbocycles. The number of aromatic amines is 1. The van der Waals surface area contributed by atoms with Crippen molar-refractivity contribution in [2.24, 2.45) is 7.05 Å². The van der Waals surface area contributed by atoms with Gasteiger partial charge in [0.05, 0.1) is 18.2 Å². The van der Waals surface area contributed by atoms with Crippen molar-refractivity contribution in [3.8, 4) is 22.6 Å². The highest BCUT2D eigenvalue weighted by Gasteiger charge is 2.15. The average molecular weight is 243 g/mol. The van der Waals surface area contributed by atoms with Gasteiger partial charge in [0.2, 0.25) is 0 Å². The summed E-state index contributed by atoms with van der Waals surface area (Å²) >= 11 is 0. The van der Waals surface area contributed by atoms with E-state index in [1.165, 1.54) is 12.1 Å². The molecule has 18 heavy (non-hydrogen) atoms. The van der Waals surface area contributed by atoms with Crippen LogP contribution in [0.25, 0.3) is 22.6 Å². The van der Waals surface area contributed by atoms with Gasteiger partial charge in [-0.15, -0.1) is 5.10 Å². The molecule has 3 rings (SSSR count). The number of halogens is 1. The van der Waals surface area contributed by atoms with Gasteiger partial charge in [0, 0.05) is 12.6 Å². The third kappa shape index (κ3) is 1.67. The minimum atomic E-state index is -0.272. The van der Waals surface area contributed by atoms with Gasteiger partial charge < -0.3 is 4.98 Å². The highest BCUT2D eigenvalue weighted by Crippen LogP contribution is 2.28. The van der Waals surface area contributed by atoms with Gasteiger partial charge in [0.25, 0.3) is 0 Å².